The van der Waals surface area contributed by atoms with Gasteiger partial charge in [0.15, 0.2) is 0 Å². The average molecular weight is 119 g/mol. The van der Waals surface area contributed by atoms with Gasteiger partial charge in [0.2, 0.25) is 0 Å². The summed E-state index contributed by atoms with van der Waals surface area (Å²) < 4.78 is 0. The molecule has 0 aromatic heterocycles. The van der Waals surface area contributed by atoms with Crippen LogP contribution in [0.3, 0.4) is 0 Å². The van der Waals surface area contributed by atoms with E-state index in [0.717, 1.165) is 5.66 Å². The summed E-state index contributed by atoms with van der Waals surface area (Å²) in [6.07, 6.45) is 0. The van der Waals surface area contributed by atoms with Crippen LogP contribution < -0.4 is 5.73 Å². The Hall–Kier alpha value is 0.560. The summed E-state index contributed by atoms with van der Waals surface area (Å²) in [7, 11) is 2.94. The Balaban J connectivity index is 2.45. The summed E-state index contributed by atoms with van der Waals surface area (Å²) in [6.45, 7) is 2.18. The Bertz CT molecular complexity index is 70.9. The van der Waals surface area contributed by atoms with Gasteiger partial charge < -0.3 is 5.73 Å². The summed E-state index contributed by atoms with van der Waals surface area (Å²) >= 11 is 0. The van der Waals surface area contributed by atoms with Crippen LogP contribution in [0.25, 0.3) is 0 Å². The van der Waals surface area contributed by atoms with E-state index >= 15 is 0 Å². The predicted octanol–water partition coefficient (Wildman–Crippen LogP) is 1.48. The lowest BCUT2D eigenvalue weighted by molar-refractivity contribution is 0.876. The normalized spacial score (nSPS) is 47.7. The monoisotopic (exact) mass is 119 g/mol. The fourth-order valence-electron chi connectivity index (χ4n) is 0.277. The Morgan fingerprint density at radius 2 is 2.00 bits per heavy atom. The highest BCUT2D eigenvalue weighted by molar-refractivity contribution is 7.88. The molecule has 2 atom stereocenters. The highest BCUT2D eigenvalue weighted by atomic mass is 31.7. The number of nitrogens with two attached hydrogens (primary N) is 1. The third-order valence-corrected chi connectivity index (χ3v) is 4.94. The largest absolute Gasteiger partial charge is 0.320 e. The smallest absolute Gasteiger partial charge is 0.0613 e. The first-order chi connectivity index (χ1) is 2.80. The van der Waals surface area contributed by atoms with E-state index in [-0.39, 0.29) is 0 Å². The second-order valence-electron chi connectivity index (χ2n) is 1.46. The Labute approximate surface area is 40.7 Å². The molecule has 0 saturated heterocycles. The average Bonchev–Trinajstić information content (AvgIpc) is 1.61. The molecule has 0 saturated carbocycles. The van der Waals surface area contributed by atoms with Crippen LogP contribution in [0.2, 0.25) is 0 Å². The van der Waals surface area contributed by atoms with Crippen LogP contribution in [-0.2, 0) is 0 Å². The van der Waals surface area contributed by atoms with Crippen LogP contribution in [0.15, 0.2) is 0 Å². The first-order valence-electron chi connectivity index (χ1n) is 1.96. The van der Waals surface area contributed by atoms with E-state index < -0.39 is 0 Å². The van der Waals surface area contributed by atoms with Crippen molar-refractivity contribution in [3.8, 4) is 0 Å². The fraction of sp³-hybridized carbons (Fsp3) is 1.00. The molecule has 0 amide bonds. The highest BCUT2D eigenvalue weighted by Crippen LogP contribution is 2.39. The molecule has 3 heteroatoms. The number of hydrogen-bond donors (Lipinski definition) is 1. The van der Waals surface area contributed by atoms with Crippen LogP contribution in [0, 0.1) is 0 Å². The van der Waals surface area contributed by atoms with Crippen molar-refractivity contribution in [3.63, 3.8) is 0 Å². The van der Waals surface area contributed by atoms with Crippen molar-refractivity contribution < 1.29 is 0 Å². The molecular weight excluding hydrogens is 112 g/mol. The van der Waals surface area contributed by atoms with Crippen LogP contribution in [-0.4, -0.2) is 11.4 Å². The molecule has 6 heavy (non-hydrogen) atoms. The lowest BCUT2D eigenvalue weighted by Gasteiger charge is -2.17. The minimum absolute atomic E-state index is 0.492. The van der Waals surface area contributed by atoms with Crippen molar-refractivity contribution in [3.05, 3.63) is 0 Å². The van der Waals surface area contributed by atoms with Crippen molar-refractivity contribution in [2.45, 2.75) is 18.4 Å². The maximum Gasteiger partial charge on any atom is 0.0613 e. The molecule has 1 aliphatic heterocycles. The van der Waals surface area contributed by atoms with Gasteiger partial charge in [0.05, 0.1) is 5.78 Å². The second kappa shape index (κ2) is 1.58. The van der Waals surface area contributed by atoms with Crippen LogP contribution >= 0.6 is 15.7 Å². The van der Waals surface area contributed by atoms with E-state index in [4.69, 9.17) is 5.73 Å². The van der Waals surface area contributed by atoms with E-state index in [1.807, 2.05) is 0 Å². The quantitative estimate of drug-likeness (QED) is 0.480. The first-order valence-corrected chi connectivity index (χ1v) is 4.59. The zero-order chi connectivity index (χ0) is 4.57. The zero-order valence-electron chi connectivity index (χ0n) is 3.63. The molecular formula is C3H7NP2. The van der Waals surface area contributed by atoms with Gasteiger partial charge in [0.1, 0.15) is 0 Å². The number of rotatable bonds is 0. The van der Waals surface area contributed by atoms with Gasteiger partial charge in [-0.1, -0.05) is 22.7 Å². The third kappa shape index (κ3) is 0.632. The van der Waals surface area contributed by atoms with Gasteiger partial charge in [-0.3, -0.25) is 0 Å². The molecule has 0 bridgehead atoms. The molecule has 0 aromatic rings. The Morgan fingerprint density at radius 3 is 2.00 bits per heavy atom. The Morgan fingerprint density at radius 1 is 1.50 bits per heavy atom. The Kier molecular flexibility index (Phi) is 1.24. The molecule has 0 aromatic carbocycles. The summed E-state index contributed by atoms with van der Waals surface area (Å²) in [5.41, 5.74) is 6.27. The first kappa shape index (κ1) is 4.71. The van der Waals surface area contributed by atoms with Crippen LogP contribution in [0.5, 0.6) is 0 Å². The molecule has 0 aliphatic carbocycles. The van der Waals surface area contributed by atoms with E-state index in [1.165, 1.54) is 15.7 Å². The van der Waals surface area contributed by atoms with Crippen molar-refractivity contribution >= 4 is 15.7 Å². The predicted molar refractivity (Wildman–Crippen MR) is 31.3 cm³/mol. The molecule has 0 spiro atoms. The van der Waals surface area contributed by atoms with E-state index in [9.17, 15) is 0 Å². The van der Waals surface area contributed by atoms with Crippen LogP contribution in [0.4, 0.5) is 0 Å². The molecule has 1 aliphatic rings. The molecule has 34 valence electrons. The summed E-state index contributed by atoms with van der Waals surface area (Å²) in [5, 5.41) is 0. The lowest BCUT2D eigenvalue weighted by atomic mass is 10.5. The third-order valence-electron chi connectivity index (χ3n) is 0.876. The molecule has 1 nitrogen and oxygen atoms in total. The summed E-state index contributed by atoms with van der Waals surface area (Å²) in [5.74, 6) is 0.492. The van der Waals surface area contributed by atoms with E-state index in [2.05, 4.69) is 6.92 Å². The fourth-order valence-corrected chi connectivity index (χ4v) is 2.49. The zero-order valence-corrected chi connectivity index (χ0v) is 5.42. The van der Waals surface area contributed by atoms with Gasteiger partial charge in [-0.2, -0.15) is 0 Å². The van der Waals surface area contributed by atoms with Crippen molar-refractivity contribution in [1.29, 1.82) is 0 Å². The number of hydrogen-bond acceptors (Lipinski definition) is 1. The van der Waals surface area contributed by atoms with E-state index in [1.54, 1.807) is 0 Å². The summed E-state index contributed by atoms with van der Waals surface area (Å²) in [6, 6.07) is 0. The molecule has 0 radical (unpaired) electrons. The van der Waals surface area contributed by atoms with Gasteiger partial charge >= 0.3 is 0 Å². The van der Waals surface area contributed by atoms with Gasteiger partial charge in [0, 0.05) is 5.66 Å². The molecule has 0 fully saturated rings. The molecule has 1 heterocycles. The van der Waals surface area contributed by atoms with Crippen molar-refractivity contribution in [1.82, 2.24) is 0 Å². The molecule has 1 rings (SSSR count). The standard InChI is InChI=1S/C3H7NP2/c1-2-3(4)6-5-2/h2-3H,4H2,1H3/t2-,3-/m0/s1. The second-order valence-corrected chi connectivity index (χ2v) is 4.72. The van der Waals surface area contributed by atoms with Gasteiger partial charge in [-0.05, 0) is 0 Å². The minimum atomic E-state index is 0.492. The highest BCUT2D eigenvalue weighted by Gasteiger charge is 2.14. The maximum atomic E-state index is 5.50. The topological polar surface area (TPSA) is 26.0 Å². The summed E-state index contributed by atoms with van der Waals surface area (Å²) in [4.78, 5) is 0. The van der Waals surface area contributed by atoms with E-state index in [0.29, 0.717) is 5.78 Å². The van der Waals surface area contributed by atoms with Crippen molar-refractivity contribution in [2.75, 3.05) is 0 Å². The minimum Gasteiger partial charge on any atom is -0.320 e. The van der Waals surface area contributed by atoms with Crippen LogP contribution in [0.1, 0.15) is 6.92 Å². The van der Waals surface area contributed by atoms with Gasteiger partial charge in [0.25, 0.3) is 0 Å². The maximum absolute atomic E-state index is 5.50. The molecule has 0 unspecified atom stereocenters. The molecule has 2 N–H and O–H groups in total. The van der Waals surface area contributed by atoms with Gasteiger partial charge in [-0.15, -0.1) is 0 Å². The van der Waals surface area contributed by atoms with Crippen molar-refractivity contribution in [2.24, 2.45) is 5.73 Å². The lowest BCUT2D eigenvalue weighted by Crippen LogP contribution is -2.25. The van der Waals surface area contributed by atoms with Gasteiger partial charge in [-0.25, -0.2) is 0 Å². The SMILES string of the molecule is C[C@@H]1P=P[C@@H]1N.